The van der Waals surface area contributed by atoms with E-state index in [1.54, 1.807) is 0 Å². The minimum Gasteiger partial charge on any atom is -0.390 e. The predicted octanol–water partition coefficient (Wildman–Crippen LogP) is 5.51. The van der Waals surface area contributed by atoms with Gasteiger partial charge in [0.25, 0.3) is 0 Å². The highest BCUT2D eigenvalue weighted by atomic mass is 16.3. The fourth-order valence-electron chi connectivity index (χ4n) is 9.26. The summed E-state index contributed by atoms with van der Waals surface area (Å²) in [6, 6.07) is 0. The van der Waals surface area contributed by atoms with Crippen molar-refractivity contribution in [2.45, 2.75) is 103 Å². The number of rotatable bonds is 4. The van der Waals surface area contributed by atoms with Crippen molar-refractivity contribution in [1.82, 2.24) is 9.78 Å². The van der Waals surface area contributed by atoms with Crippen LogP contribution in [0.5, 0.6) is 0 Å². The van der Waals surface area contributed by atoms with E-state index in [9.17, 15) is 9.90 Å². The number of aryl methyl sites for hydroxylation is 1. The van der Waals surface area contributed by atoms with Crippen LogP contribution in [0.1, 0.15) is 90.2 Å². The van der Waals surface area contributed by atoms with Crippen LogP contribution in [0, 0.1) is 40.9 Å². The van der Waals surface area contributed by atoms with Crippen LogP contribution < -0.4 is 0 Å². The summed E-state index contributed by atoms with van der Waals surface area (Å²) >= 11 is 0. The largest absolute Gasteiger partial charge is 0.390 e. The lowest BCUT2D eigenvalue weighted by Gasteiger charge is -2.57. The van der Waals surface area contributed by atoms with E-state index >= 15 is 0 Å². The Bertz CT molecular complexity index is 953. The zero-order valence-corrected chi connectivity index (χ0v) is 20.5. The molecule has 4 aliphatic carbocycles. The van der Waals surface area contributed by atoms with E-state index in [1.165, 1.54) is 38.5 Å². The van der Waals surface area contributed by atoms with Gasteiger partial charge in [0.05, 0.1) is 24.0 Å². The van der Waals surface area contributed by atoms with Gasteiger partial charge in [0.1, 0.15) is 5.69 Å². The molecular weight excluding hydrogens is 410 g/mol. The Morgan fingerprint density at radius 2 is 1.97 bits per heavy atom. The third-order valence-electron chi connectivity index (χ3n) is 11.0. The zero-order valence-electron chi connectivity index (χ0n) is 20.5. The number of aliphatic hydroxyl groups is 1. The molecule has 6 rings (SSSR count). The molecule has 0 bridgehead atoms. The van der Waals surface area contributed by atoms with Crippen molar-refractivity contribution >= 4 is 17.7 Å². The quantitative estimate of drug-likeness (QED) is 0.656. The summed E-state index contributed by atoms with van der Waals surface area (Å²) in [5.74, 6) is 4.43. The van der Waals surface area contributed by atoms with Crippen molar-refractivity contribution in [3.05, 3.63) is 11.9 Å². The Labute approximate surface area is 198 Å². The number of aromatic nitrogens is 2. The van der Waals surface area contributed by atoms with E-state index in [1.807, 2.05) is 17.1 Å². The summed E-state index contributed by atoms with van der Waals surface area (Å²) in [6.07, 6.45) is 17.3. The molecule has 8 atom stereocenters. The van der Waals surface area contributed by atoms with Crippen molar-refractivity contribution in [3.63, 3.8) is 0 Å². The molecule has 0 spiro atoms. The Morgan fingerprint density at radius 1 is 1.12 bits per heavy atom. The second kappa shape index (κ2) is 8.03. The van der Waals surface area contributed by atoms with Gasteiger partial charge in [-0.05, 0) is 112 Å². The third-order valence-corrected chi connectivity index (χ3v) is 11.0. The van der Waals surface area contributed by atoms with E-state index in [4.69, 9.17) is 0 Å². The number of fused-ring (bicyclic) bond motifs is 6. The van der Waals surface area contributed by atoms with Crippen LogP contribution in [0.3, 0.4) is 0 Å². The highest BCUT2D eigenvalue weighted by Gasteiger charge is 2.58. The summed E-state index contributed by atoms with van der Waals surface area (Å²) < 4.78 is 1.86. The lowest BCUT2D eigenvalue weighted by Crippen LogP contribution is -2.51. The van der Waals surface area contributed by atoms with Crippen LogP contribution >= 0.6 is 0 Å². The number of ketones is 1. The maximum absolute atomic E-state index is 13.6. The number of hydrogen-bond donors (Lipinski definition) is 1. The van der Waals surface area contributed by atoms with Gasteiger partial charge in [-0.2, -0.15) is 5.10 Å². The SMILES string of the molecule is CC[C@@]1(O)CC[C@@H]2C3CC[C@@]4(C)C(CC[C@@H]4C(=O)Cn4cc5c(n4)CCC=N5)[C@@H]3CC[C@@H]2C1. The number of nitrogens with zero attached hydrogens (tertiary/aromatic N) is 3. The average Bonchev–Trinajstić information content (AvgIpc) is 3.38. The predicted molar refractivity (Wildman–Crippen MR) is 130 cm³/mol. The van der Waals surface area contributed by atoms with Crippen molar-refractivity contribution in [2.24, 2.45) is 45.9 Å². The molecule has 2 unspecified atom stereocenters. The fraction of sp³-hybridized carbons (Fsp3) is 0.821. The summed E-state index contributed by atoms with van der Waals surface area (Å²) in [7, 11) is 0. The topological polar surface area (TPSA) is 67.5 Å². The summed E-state index contributed by atoms with van der Waals surface area (Å²) in [5.41, 5.74) is 1.75. The maximum atomic E-state index is 13.6. The molecule has 0 radical (unpaired) electrons. The molecule has 180 valence electrons. The Balaban J connectivity index is 1.16. The van der Waals surface area contributed by atoms with E-state index < -0.39 is 5.60 Å². The highest BCUT2D eigenvalue weighted by Crippen LogP contribution is 2.64. The molecule has 2 heterocycles. The van der Waals surface area contributed by atoms with Crippen molar-refractivity contribution < 1.29 is 9.90 Å². The molecule has 0 amide bonds. The zero-order chi connectivity index (χ0) is 22.8. The van der Waals surface area contributed by atoms with Crippen LogP contribution in [0.25, 0.3) is 0 Å². The Morgan fingerprint density at radius 3 is 2.79 bits per heavy atom. The van der Waals surface area contributed by atoms with Gasteiger partial charge in [-0.15, -0.1) is 0 Å². The second-order valence-electron chi connectivity index (χ2n) is 12.4. The Hall–Kier alpha value is -1.49. The second-order valence-corrected chi connectivity index (χ2v) is 12.4. The number of carbonyl (C=O) groups is 1. The average molecular weight is 452 g/mol. The van der Waals surface area contributed by atoms with Gasteiger partial charge >= 0.3 is 0 Å². The molecule has 1 aromatic heterocycles. The van der Waals surface area contributed by atoms with Gasteiger partial charge in [-0.1, -0.05) is 13.8 Å². The van der Waals surface area contributed by atoms with E-state index in [2.05, 4.69) is 23.9 Å². The van der Waals surface area contributed by atoms with Crippen LogP contribution in [-0.4, -0.2) is 32.5 Å². The number of hydrogen-bond acceptors (Lipinski definition) is 4. The van der Waals surface area contributed by atoms with Gasteiger partial charge in [-0.25, -0.2) is 0 Å². The van der Waals surface area contributed by atoms with E-state index in [0.717, 1.165) is 73.6 Å². The number of aliphatic imine (C=N–C) groups is 1. The number of carbonyl (C=O) groups excluding carboxylic acids is 1. The summed E-state index contributed by atoms with van der Waals surface area (Å²) in [5, 5.41) is 15.6. The summed E-state index contributed by atoms with van der Waals surface area (Å²) in [6.45, 7) is 5.01. The van der Waals surface area contributed by atoms with Crippen LogP contribution in [0.15, 0.2) is 11.2 Å². The minimum atomic E-state index is -0.404. The van der Waals surface area contributed by atoms with Crippen molar-refractivity contribution in [2.75, 3.05) is 0 Å². The molecule has 4 saturated carbocycles. The molecule has 4 fully saturated rings. The monoisotopic (exact) mass is 451 g/mol. The smallest absolute Gasteiger partial charge is 0.157 e. The van der Waals surface area contributed by atoms with E-state index in [-0.39, 0.29) is 11.3 Å². The van der Waals surface area contributed by atoms with Crippen LogP contribution in [-0.2, 0) is 17.8 Å². The molecule has 1 aliphatic heterocycles. The van der Waals surface area contributed by atoms with Gasteiger partial charge in [-0.3, -0.25) is 14.5 Å². The van der Waals surface area contributed by atoms with Gasteiger partial charge in [0.15, 0.2) is 5.78 Å². The summed E-state index contributed by atoms with van der Waals surface area (Å²) in [4.78, 5) is 18.0. The van der Waals surface area contributed by atoms with Gasteiger partial charge in [0, 0.05) is 12.1 Å². The maximum Gasteiger partial charge on any atom is 0.157 e. The first-order chi connectivity index (χ1) is 15.9. The first-order valence-corrected chi connectivity index (χ1v) is 13.7. The lowest BCUT2D eigenvalue weighted by atomic mass is 9.48. The normalized spacial score (nSPS) is 44.0. The standard InChI is InChI=1S/C28H41N3O2/c1-3-28(33)13-11-19-18(15-28)6-7-21-20(19)10-12-27(2)22(21)8-9-23(27)26(32)17-31-16-25-24(30-31)5-4-14-29-25/h14,16,18-23,33H,3-13,15,17H2,1-2H3/t18-,19+,20?,21-,22?,23-,27+,28-/m1/s1. The molecule has 0 saturated heterocycles. The van der Waals surface area contributed by atoms with Crippen molar-refractivity contribution in [3.8, 4) is 0 Å². The van der Waals surface area contributed by atoms with Crippen molar-refractivity contribution in [1.29, 1.82) is 0 Å². The lowest BCUT2D eigenvalue weighted by molar-refractivity contribution is -0.133. The molecular formula is C28H41N3O2. The molecule has 5 heteroatoms. The highest BCUT2D eigenvalue weighted by molar-refractivity contribution is 5.82. The first-order valence-electron chi connectivity index (χ1n) is 13.7. The molecule has 1 N–H and O–H groups in total. The minimum absolute atomic E-state index is 0.162. The van der Waals surface area contributed by atoms with Crippen LogP contribution in [0.2, 0.25) is 0 Å². The fourth-order valence-corrected chi connectivity index (χ4v) is 9.26. The molecule has 0 aromatic carbocycles. The molecule has 5 aliphatic rings. The van der Waals surface area contributed by atoms with Crippen LogP contribution in [0.4, 0.5) is 5.69 Å². The third kappa shape index (κ3) is 3.56. The first kappa shape index (κ1) is 22.0. The van der Waals surface area contributed by atoms with Gasteiger partial charge in [0.2, 0.25) is 0 Å². The molecule has 1 aromatic rings. The Kier molecular flexibility index (Phi) is 5.36. The molecule has 33 heavy (non-hydrogen) atoms. The van der Waals surface area contributed by atoms with Gasteiger partial charge < -0.3 is 5.11 Å². The molecule has 5 nitrogen and oxygen atoms in total. The van der Waals surface area contributed by atoms with E-state index in [0.29, 0.717) is 18.2 Å². The number of Topliss-reactive ketones (excluding diaryl/α,β-unsaturated/α-hetero) is 1.